The highest BCUT2D eigenvalue weighted by Gasteiger charge is 2.15. The van der Waals surface area contributed by atoms with Crippen LogP contribution < -0.4 is 15.6 Å². The monoisotopic (exact) mass is 374 g/mol. The number of fused-ring (bicyclic) bond motifs is 1. The lowest BCUT2D eigenvalue weighted by Crippen LogP contribution is -2.23. The van der Waals surface area contributed by atoms with E-state index in [1.54, 1.807) is 36.4 Å². The first-order valence-corrected chi connectivity index (χ1v) is 8.56. The predicted octanol–water partition coefficient (Wildman–Crippen LogP) is 4.71. The molecule has 0 fully saturated rings. The van der Waals surface area contributed by atoms with Gasteiger partial charge in [0.25, 0.3) is 11.5 Å². The summed E-state index contributed by atoms with van der Waals surface area (Å²) in [5.41, 5.74) is 0.0787. The molecule has 0 aliphatic heterocycles. The third-order valence-electron chi connectivity index (χ3n) is 4.16. The zero-order valence-corrected chi connectivity index (χ0v) is 14.6. The number of carbonyl (C=O) groups excluding carboxylic acids is 1. The standard InChI is InChI=1S/C22H15FN2O3/c23-15-11-10-14-12-17(22(27)25-19(14)13-15)21(26)24-18-8-4-5-9-20(18)28-16-6-2-1-3-7-16/h1-13H,(H,24,26)(H,25,27). The van der Waals surface area contributed by atoms with Crippen molar-refractivity contribution in [1.29, 1.82) is 0 Å². The van der Waals surface area contributed by atoms with Crippen molar-refractivity contribution in [1.82, 2.24) is 4.98 Å². The number of pyridine rings is 1. The number of ether oxygens (including phenoxy) is 1. The normalized spacial score (nSPS) is 10.6. The summed E-state index contributed by atoms with van der Waals surface area (Å²) < 4.78 is 19.1. The zero-order valence-electron chi connectivity index (χ0n) is 14.6. The molecule has 4 aromatic rings. The maximum Gasteiger partial charge on any atom is 0.261 e. The molecule has 28 heavy (non-hydrogen) atoms. The van der Waals surface area contributed by atoms with Crippen LogP contribution in [0.2, 0.25) is 0 Å². The van der Waals surface area contributed by atoms with E-state index < -0.39 is 17.3 Å². The smallest absolute Gasteiger partial charge is 0.261 e. The van der Waals surface area contributed by atoms with Gasteiger partial charge in [-0.1, -0.05) is 30.3 Å². The molecule has 138 valence electrons. The Hall–Kier alpha value is -3.93. The molecule has 0 aliphatic carbocycles. The lowest BCUT2D eigenvalue weighted by atomic mass is 10.1. The number of hydrogen-bond acceptors (Lipinski definition) is 3. The van der Waals surface area contributed by atoms with Crippen LogP contribution in [0.15, 0.2) is 83.7 Å². The molecule has 3 aromatic carbocycles. The van der Waals surface area contributed by atoms with E-state index in [0.717, 1.165) is 0 Å². The van der Waals surface area contributed by atoms with E-state index in [9.17, 15) is 14.0 Å². The minimum absolute atomic E-state index is 0.0753. The van der Waals surface area contributed by atoms with Gasteiger partial charge in [0.15, 0.2) is 5.75 Å². The van der Waals surface area contributed by atoms with Gasteiger partial charge in [0, 0.05) is 0 Å². The number of nitrogens with one attached hydrogen (secondary N) is 2. The lowest BCUT2D eigenvalue weighted by molar-refractivity contribution is 0.102. The summed E-state index contributed by atoms with van der Waals surface area (Å²) in [6.07, 6.45) is 0. The molecule has 0 atom stereocenters. The Balaban J connectivity index is 1.64. The summed E-state index contributed by atoms with van der Waals surface area (Å²) in [7, 11) is 0. The van der Waals surface area contributed by atoms with Crippen LogP contribution in [0.3, 0.4) is 0 Å². The molecule has 1 heterocycles. The highest BCUT2D eigenvalue weighted by molar-refractivity contribution is 6.06. The molecular weight excluding hydrogens is 359 g/mol. The molecule has 5 nitrogen and oxygen atoms in total. The number of amides is 1. The highest BCUT2D eigenvalue weighted by atomic mass is 19.1. The molecule has 0 spiro atoms. The van der Waals surface area contributed by atoms with Crippen molar-refractivity contribution in [3.63, 3.8) is 0 Å². The number of para-hydroxylation sites is 3. The number of aromatic nitrogens is 1. The summed E-state index contributed by atoms with van der Waals surface area (Å²) >= 11 is 0. The van der Waals surface area contributed by atoms with Crippen LogP contribution in [0.5, 0.6) is 11.5 Å². The third kappa shape index (κ3) is 3.61. The molecule has 1 amide bonds. The van der Waals surface area contributed by atoms with Gasteiger partial charge < -0.3 is 15.0 Å². The van der Waals surface area contributed by atoms with Gasteiger partial charge in [0.05, 0.1) is 11.2 Å². The van der Waals surface area contributed by atoms with E-state index in [-0.39, 0.29) is 5.56 Å². The van der Waals surface area contributed by atoms with Crippen molar-refractivity contribution in [2.24, 2.45) is 0 Å². The second-order valence-electron chi connectivity index (χ2n) is 6.11. The van der Waals surface area contributed by atoms with Crippen LogP contribution >= 0.6 is 0 Å². The van der Waals surface area contributed by atoms with Crippen molar-refractivity contribution in [2.45, 2.75) is 0 Å². The van der Waals surface area contributed by atoms with E-state index in [0.29, 0.717) is 28.1 Å². The summed E-state index contributed by atoms with van der Waals surface area (Å²) in [5, 5.41) is 3.26. The maximum atomic E-state index is 13.3. The first kappa shape index (κ1) is 17.5. The molecule has 4 rings (SSSR count). The number of aromatic amines is 1. The molecule has 0 saturated heterocycles. The Morgan fingerprint density at radius 3 is 2.50 bits per heavy atom. The Bertz CT molecular complexity index is 1220. The second-order valence-corrected chi connectivity index (χ2v) is 6.11. The molecule has 0 unspecified atom stereocenters. The number of rotatable bonds is 4. The number of carbonyl (C=O) groups is 1. The van der Waals surface area contributed by atoms with Crippen LogP contribution in [-0.4, -0.2) is 10.9 Å². The number of hydrogen-bond donors (Lipinski definition) is 2. The van der Waals surface area contributed by atoms with Crippen molar-refractivity contribution >= 4 is 22.5 Å². The van der Waals surface area contributed by atoms with E-state index in [1.165, 1.54) is 24.3 Å². The first-order valence-electron chi connectivity index (χ1n) is 8.56. The van der Waals surface area contributed by atoms with Crippen molar-refractivity contribution < 1.29 is 13.9 Å². The molecule has 0 saturated carbocycles. The number of halogens is 1. The van der Waals surface area contributed by atoms with Gasteiger partial charge in [0.2, 0.25) is 0 Å². The van der Waals surface area contributed by atoms with Crippen LogP contribution in [0, 0.1) is 5.82 Å². The van der Waals surface area contributed by atoms with Crippen molar-refractivity contribution in [2.75, 3.05) is 5.32 Å². The summed E-state index contributed by atoms with van der Waals surface area (Å²) in [6, 6.07) is 21.5. The van der Waals surface area contributed by atoms with E-state index in [4.69, 9.17) is 4.74 Å². The van der Waals surface area contributed by atoms with Gasteiger partial charge in [-0.3, -0.25) is 9.59 Å². The number of benzene rings is 3. The quantitative estimate of drug-likeness (QED) is 0.543. The molecule has 2 N–H and O–H groups in total. The van der Waals surface area contributed by atoms with Crippen LogP contribution in [0.25, 0.3) is 10.9 Å². The van der Waals surface area contributed by atoms with Crippen LogP contribution in [0.1, 0.15) is 10.4 Å². The fourth-order valence-corrected chi connectivity index (χ4v) is 2.81. The van der Waals surface area contributed by atoms with Gasteiger partial charge in [-0.2, -0.15) is 0 Å². The Morgan fingerprint density at radius 1 is 0.929 bits per heavy atom. The molecule has 6 heteroatoms. The average Bonchev–Trinajstić information content (AvgIpc) is 2.69. The predicted molar refractivity (Wildman–Crippen MR) is 105 cm³/mol. The number of H-pyrrole nitrogens is 1. The zero-order chi connectivity index (χ0) is 19.5. The van der Waals surface area contributed by atoms with Crippen LogP contribution in [0.4, 0.5) is 10.1 Å². The highest BCUT2D eigenvalue weighted by Crippen LogP contribution is 2.29. The second kappa shape index (κ2) is 7.36. The molecule has 0 bridgehead atoms. The summed E-state index contributed by atoms with van der Waals surface area (Å²) in [6.45, 7) is 0. The van der Waals surface area contributed by atoms with Crippen LogP contribution in [-0.2, 0) is 0 Å². The van der Waals surface area contributed by atoms with Gasteiger partial charge in [-0.05, 0) is 53.9 Å². The minimum Gasteiger partial charge on any atom is -0.455 e. The van der Waals surface area contributed by atoms with Gasteiger partial charge in [-0.15, -0.1) is 0 Å². The fraction of sp³-hybridized carbons (Fsp3) is 0. The topological polar surface area (TPSA) is 71.2 Å². The lowest BCUT2D eigenvalue weighted by Gasteiger charge is -2.12. The van der Waals surface area contributed by atoms with Gasteiger partial charge in [-0.25, -0.2) is 4.39 Å². The SMILES string of the molecule is O=C(Nc1ccccc1Oc1ccccc1)c1cc2ccc(F)cc2[nH]c1=O. The first-order chi connectivity index (χ1) is 13.6. The fourth-order valence-electron chi connectivity index (χ4n) is 2.81. The average molecular weight is 374 g/mol. The summed E-state index contributed by atoms with van der Waals surface area (Å²) in [5.74, 6) is 0.0139. The van der Waals surface area contributed by atoms with E-state index in [2.05, 4.69) is 10.3 Å². The Labute approximate surface area is 159 Å². The van der Waals surface area contributed by atoms with Gasteiger partial charge in [0.1, 0.15) is 17.1 Å². The third-order valence-corrected chi connectivity index (χ3v) is 4.16. The van der Waals surface area contributed by atoms with Crippen molar-refractivity contribution in [3.8, 4) is 11.5 Å². The Kier molecular flexibility index (Phi) is 4.60. The van der Waals surface area contributed by atoms with Crippen molar-refractivity contribution in [3.05, 3.63) is 101 Å². The van der Waals surface area contributed by atoms with E-state index >= 15 is 0 Å². The minimum atomic E-state index is -0.600. The summed E-state index contributed by atoms with van der Waals surface area (Å²) in [4.78, 5) is 27.5. The molecular formula is C22H15FN2O3. The van der Waals surface area contributed by atoms with Gasteiger partial charge >= 0.3 is 0 Å². The molecule has 1 aromatic heterocycles. The van der Waals surface area contributed by atoms with E-state index in [1.807, 2.05) is 18.2 Å². The maximum absolute atomic E-state index is 13.3. The molecule has 0 aliphatic rings. The Morgan fingerprint density at radius 2 is 1.68 bits per heavy atom. The largest absolute Gasteiger partial charge is 0.455 e. The molecule has 0 radical (unpaired) electrons. The number of anilines is 1.